The number of hydrogen-bond acceptors (Lipinski definition) is 5. The van der Waals surface area contributed by atoms with E-state index >= 15 is 0 Å². The maximum Gasteiger partial charge on any atom is 0.356 e. The Morgan fingerprint density at radius 1 is 1.65 bits per heavy atom. The van der Waals surface area contributed by atoms with E-state index in [9.17, 15) is 14.0 Å². The third kappa shape index (κ3) is 3.13. The molecule has 0 saturated carbocycles. The van der Waals surface area contributed by atoms with Crippen molar-refractivity contribution in [1.82, 2.24) is 14.5 Å². The first-order valence-electron chi connectivity index (χ1n) is 5.83. The predicted molar refractivity (Wildman–Crippen MR) is 76.1 cm³/mol. The quantitative estimate of drug-likeness (QED) is 0.620. The molecule has 106 valence electrons. The van der Waals surface area contributed by atoms with Crippen molar-refractivity contribution in [3.8, 4) is 0 Å². The van der Waals surface area contributed by atoms with Crippen molar-refractivity contribution in [2.45, 2.75) is 11.7 Å². The summed E-state index contributed by atoms with van der Waals surface area (Å²) < 4.78 is 14.5. The lowest BCUT2D eigenvalue weighted by Gasteiger charge is -2.09. The second-order valence-corrected chi connectivity index (χ2v) is 5.46. The molecule has 0 saturated heterocycles. The van der Waals surface area contributed by atoms with Gasteiger partial charge in [-0.1, -0.05) is 6.08 Å². The van der Waals surface area contributed by atoms with Gasteiger partial charge in [-0.25, -0.2) is 18.7 Å². The fourth-order valence-electron chi connectivity index (χ4n) is 1.54. The molecule has 2 rings (SSSR count). The lowest BCUT2D eigenvalue weighted by molar-refractivity contribution is 0.0904. The van der Waals surface area contributed by atoms with Gasteiger partial charge in [0.05, 0.1) is 17.8 Å². The fourth-order valence-corrected chi connectivity index (χ4v) is 2.41. The summed E-state index contributed by atoms with van der Waals surface area (Å²) >= 11 is 1.30. The minimum atomic E-state index is -0.824. The van der Waals surface area contributed by atoms with Gasteiger partial charge in [-0.2, -0.15) is 4.98 Å². The molecule has 0 aliphatic carbocycles. The Balaban J connectivity index is 2.30. The lowest BCUT2D eigenvalue weighted by atomic mass is 10.3. The first-order chi connectivity index (χ1) is 9.49. The summed E-state index contributed by atoms with van der Waals surface area (Å²) in [5, 5.41) is 1.39. The minimum Gasteiger partial charge on any atom is -0.369 e. The Hall–Kier alpha value is -1.96. The Morgan fingerprint density at radius 2 is 2.40 bits per heavy atom. The molecule has 6 nitrogen and oxygen atoms in total. The van der Waals surface area contributed by atoms with E-state index < -0.39 is 22.7 Å². The Bertz CT molecular complexity index is 631. The van der Waals surface area contributed by atoms with Crippen LogP contribution in [0.4, 0.5) is 10.2 Å². The van der Waals surface area contributed by atoms with E-state index in [4.69, 9.17) is 0 Å². The minimum absolute atomic E-state index is 0.329. The molecule has 2 heterocycles. The van der Waals surface area contributed by atoms with Crippen molar-refractivity contribution in [2.24, 2.45) is 4.99 Å². The van der Waals surface area contributed by atoms with Crippen LogP contribution in [0.15, 0.2) is 27.5 Å². The average Bonchev–Trinajstić information content (AvgIpc) is 2.92. The first kappa shape index (κ1) is 14.4. The molecule has 0 radical (unpaired) electrons. The van der Waals surface area contributed by atoms with E-state index in [0.29, 0.717) is 11.0 Å². The average molecular weight is 296 g/mol. The number of aliphatic imine (C=N–C) groups is 1. The Labute approximate surface area is 119 Å². The topological polar surface area (TPSA) is 67.6 Å². The zero-order valence-corrected chi connectivity index (χ0v) is 11.8. The second kappa shape index (κ2) is 6.00. The van der Waals surface area contributed by atoms with Gasteiger partial charge in [-0.15, -0.1) is 11.8 Å². The van der Waals surface area contributed by atoms with E-state index in [0.717, 1.165) is 6.20 Å². The van der Waals surface area contributed by atoms with Gasteiger partial charge in [-0.3, -0.25) is 4.79 Å². The molecule has 20 heavy (non-hydrogen) atoms. The molecule has 1 aliphatic heterocycles. The van der Waals surface area contributed by atoms with Crippen molar-refractivity contribution in [2.75, 3.05) is 14.1 Å². The van der Waals surface area contributed by atoms with Gasteiger partial charge in [0.2, 0.25) is 5.91 Å². The third-order valence-electron chi connectivity index (χ3n) is 2.48. The van der Waals surface area contributed by atoms with Gasteiger partial charge in [0.1, 0.15) is 0 Å². The summed E-state index contributed by atoms with van der Waals surface area (Å²) in [5.74, 6) is -1.61. The van der Waals surface area contributed by atoms with Crippen LogP contribution in [0.3, 0.4) is 0 Å². The largest absolute Gasteiger partial charge is 0.369 e. The molecule has 1 aromatic rings. The lowest BCUT2D eigenvalue weighted by Crippen LogP contribution is -2.34. The number of rotatable bonds is 3. The highest BCUT2D eigenvalue weighted by atomic mass is 32.2. The first-order valence-corrected chi connectivity index (χ1v) is 6.78. The zero-order valence-electron chi connectivity index (χ0n) is 11.0. The zero-order chi connectivity index (χ0) is 14.7. The molecule has 0 bridgehead atoms. The number of carbonyl (C=O) groups excluding carboxylic acids is 1. The van der Waals surface area contributed by atoms with Crippen LogP contribution in [0.2, 0.25) is 0 Å². The molecule has 0 spiro atoms. The van der Waals surface area contributed by atoms with Crippen molar-refractivity contribution in [3.05, 3.63) is 34.0 Å². The summed E-state index contributed by atoms with van der Waals surface area (Å²) in [5.41, 5.74) is -0.824. The van der Waals surface area contributed by atoms with Gasteiger partial charge in [-0.05, 0) is 11.8 Å². The smallest absolute Gasteiger partial charge is 0.356 e. The van der Waals surface area contributed by atoms with Crippen LogP contribution in [0.1, 0.15) is 11.2 Å². The van der Waals surface area contributed by atoms with Crippen molar-refractivity contribution >= 4 is 29.8 Å². The monoisotopic (exact) mass is 296 g/mol. The maximum absolute atomic E-state index is 13.8. The number of halogens is 1. The number of aromatic nitrogens is 2. The van der Waals surface area contributed by atoms with E-state index in [2.05, 4.69) is 9.98 Å². The van der Waals surface area contributed by atoms with Crippen molar-refractivity contribution in [3.63, 3.8) is 0 Å². The summed E-state index contributed by atoms with van der Waals surface area (Å²) in [4.78, 5) is 32.6. The number of nitrogens with zero attached hydrogens (tertiary/aromatic N) is 4. The van der Waals surface area contributed by atoms with Gasteiger partial charge < -0.3 is 4.90 Å². The molecule has 0 amide bonds. The van der Waals surface area contributed by atoms with Crippen LogP contribution >= 0.6 is 11.8 Å². The molecule has 1 aromatic heterocycles. The number of thioether (sulfide) groups is 1. The second-order valence-electron chi connectivity index (χ2n) is 4.34. The van der Waals surface area contributed by atoms with Gasteiger partial charge in [0.25, 0.3) is 0 Å². The van der Waals surface area contributed by atoms with Crippen molar-refractivity contribution in [1.29, 1.82) is 0 Å². The third-order valence-corrected chi connectivity index (χ3v) is 3.55. The van der Waals surface area contributed by atoms with Crippen LogP contribution in [0.5, 0.6) is 0 Å². The van der Waals surface area contributed by atoms with E-state index in [1.807, 2.05) is 6.08 Å². The van der Waals surface area contributed by atoms with Crippen LogP contribution < -0.4 is 5.69 Å². The normalized spacial score (nSPS) is 17.9. The molecular formula is C12H13FN4O2S. The van der Waals surface area contributed by atoms with Crippen LogP contribution in [0.25, 0.3) is 0 Å². The highest BCUT2D eigenvalue weighted by Gasteiger charge is 2.24. The van der Waals surface area contributed by atoms with Crippen LogP contribution in [-0.4, -0.2) is 46.0 Å². The summed E-state index contributed by atoms with van der Waals surface area (Å²) in [6.07, 6.45) is 4.53. The van der Waals surface area contributed by atoms with Crippen LogP contribution in [-0.2, 0) is 0 Å². The number of hydrogen-bond donors (Lipinski definition) is 0. The maximum atomic E-state index is 13.8. The van der Waals surface area contributed by atoms with E-state index in [1.165, 1.54) is 18.1 Å². The van der Waals surface area contributed by atoms with E-state index in [-0.39, 0.29) is 5.82 Å². The molecule has 1 atom stereocenters. The molecule has 1 aliphatic rings. The number of carbonyl (C=O) groups is 1. The van der Waals surface area contributed by atoms with E-state index in [1.54, 1.807) is 24.4 Å². The SMILES string of the molecule is CN(C)/C=N/c1nc(=O)n(C(=O)C2CC=CS2)cc1F. The summed E-state index contributed by atoms with van der Waals surface area (Å²) in [7, 11) is 3.41. The Morgan fingerprint density at radius 3 is 3.00 bits per heavy atom. The summed E-state index contributed by atoms with van der Waals surface area (Å²) in [6, 6.07) is 0. The van der Waals surface area contributed by atoms with Gasteiger partial charge >= 0.3 is 5.69 Å². The van der Waals surface area contributed by atoms with Crippen LogP contribution in [0, 0.1) is 5.82 Å². The molecular weight excluding hydrogens is 283 g/mol. The molecule has 0 N–H and O–H groups in total. The predicted octanol–water partition coefficient (Wildman–Crippen LogP) is 1.26. The fraction of sp³-hybridized carbons (Fsp3) is 0.333. The van der Waals surface area contributed by atoms with Gasteiger partial charge in [0.15, 0.2) is 11.6 Å². The van der Waals surface area contributed by atoms with Crippen molar-refractivity contribution < 1.29 is 9.18 Å². The molecule has 0 aromatic carbocycles. The van der Waals surface area contributed by atoms with Gasteiger partial charge in [0, 0.05) is 14.1 Å². The molecule has 0 fully saturated rings. The summed E-state index contributed by atoms with van der Waals surface area (Å²) in [6.45, 7) is 0. The highest BCUT2D eigenvalue weighted by Crippen LogP contribution is 2.25. The standard InChI is InChI=1S/C12H13FN4O2S/c1-16(2)7-14-10-8(13)6-17(12(19)15-10)11(18)9-4-3-5-20-9/h3,5-7,9H,4H2,1-2H3/b14-7+. The molecule has 1 unspecified atom stereocenters. The number of allylic oxidation sites excluding steroid dienone is 1. The highest BCUT2D eigenvalue weighted by molar-refractivity contribution is 8.03. The Kier molecular flexibility index (Phi) is 4.33. The molecule has 8 heteroatoms.